The van der Waals surface area contributed by atoms with Gasteiger partial charge in [-0.1, -0.05) is 0 Å². The van der Waals surface area contributed by atoms with Crippen LogP contribution in [0.1, 0.15) is 30.1 Å². The average Bonchev–Trinajstić information content (AvgIpc) is 2.70. The van der Waals surface area contributed by atoms with Gasteiger partial charge in [0.15, 0.2) is 0 Å². The van der Waals surface area contributed by atoms with Crippen LogP contribution in [0.3, 0.4) is 0 Å². The first-order valence-electron chi connectivity index (χ1n) is 6.24. The quantitative estimate of drug-likeness (QED) is 0.839. The molecule has 0 bridgehead atoms. The molecule has 0 fully saturated rings. The van der Waals surface area contributed by atoms with E-state index in [4.69, 9.17) is 5.73 Å². The van der Waals surface area contributed by atoms with E-state index < -0.39 is 0 Å². The second-order valence-corrected chi connectivity index (χ2v) is 4.84. The second kappa shape index (κ2) is 4.21. The Bertz CT molecular complexity index is 571. The van der Waals surface area contributed by atoms with Gasteiger partial charge in [-0.15, -0.1) is 0 Å². The van der Waals surface area contributed by atoms with Crippen LogP contribution in [0, 0.1) is 5.82 Å². The number of rotatable bonds is 1. The highest BCUT2D eigenvalue weighted by atomic mass is 19.1. The molecule has 1 aliphatic rings. The van der Waals surface area contributed by atoms with Gasteiger partial charge in [0.05, 0.1) is 5.69 Å². The molecule has 1 aromatic carbocycles. The van der Waals surface area contributed by atoms with E-state index in [-0.39, 0.29) is 11.9 Å². The van der Waals surface area contributed by atoms with Gasteiger partial charge in [-0.25, -0.2) is 4.39 Å². The number of halogens is 1. The topological polar surface area (TPSA) is 43.8 Å². The molecule has 2 aromatic rings. The van der Waals surface area contributed by atoms with Gasteiger partial charge in [0, 0.05) is 29.9 Å². The van der Waals surface area contributed by atoms with E-state index in [1.165, 1.54) is 17.8 Å². The standard InChI is InChI=1S/C14H16FN3/c1-18-12-4-2-3-11(16)13(12)14(17-18)9-5-7-10(15)8-6-9/h5-8,11H,2-4,16H2,1H3. The molecule has 94 valence electrons. The van der Waals surface area contributed by atoms with Crippen LogP contribution in [0.25, 0.3) is 11.3 Å². The van der Waals surface area contributed by atoms with Gasteiger partial charge in [0.1, 0.15) is 5.82 Å². The van der Waals surface area contributed by atoms with Crippen LogP contribution in [-0.4, -0.2) is 9.78 Å². The minimum Gasteiger partial charge on any atom is -0.324 e. The van der Waals surface area contributed by atoms with Gasteiger partial charge in [-0.3, -0.25) is 4.68 Å². The summed E-state index contributed by atoms with van der Waals surface area (Å²) in [4.78, 5) is 0. The van der Waals surface area contributed by atoms with Crippen molar-refractivity contribution >= 4 is 0 Å². The number of hydrogen-bond donors (Lipinski definition) is 1. The molecule has 0 spiro atoms. The van der Waals surface area contributed by atoms with Crippen molar-refractivity contribution in [3.63, 3.8) is 0 Å². The fourth-order valence-corrected chi connectivity index (χ4v) is 2.72. The highest BCUT2D eigenvalue weighted by molar-refractivity contribution is 5.65. The zero-order valence-corrected chi connectivity index (χ0v) is 10.4. The first-order valence-corrected chi connectivity index (χ1v) is 6.24. The Balaban J connectivity index is 2.15. The second-order valence-electron chi connectivity index (χ2n) is 4.84. The van der Waals surface area contributed by atoms with Crippen molar-refractivity contribution in [2.45, 2.75) is 25.3 Å². The van der Waals surface area contributed by atoms with Crippen molar-refractivity contribution < 1.29 is 4.39 Å². The normalized spacial score (nSPS) is 18.7. The third kappa shape index (κ3) is 1.73. The molecule has 0 amide bonds. The van der Waals surface area contributed by atoms with E-state index in [9.17, 15) is 4.39 Å². The van der Waals surface area contributed by atoms with Crippen molar-refractivity contribution in [2.75, 3.05) is 0 Å². The minimum absolute atomic E-state index is 0.0440. The van der Waals surface area contributed by atoms with Crippen LogP contribution >= 0.6 is 0 Å². The molecule has 18 heavy (non-hydrogen) atoms. The van der Waals surface area contributed by atoms with Gasteiger partial charge in [0.25, 0.3) is 0 Å². The Kier molecular flexibility index (Phi) is 2.67. The summed E-state index contributed by atoms with van der Waals surface area (Å²) in [7, 11) is 1.95. The third-order valence-corrected chi connectivity index (χ3v) is 3.62. The number of benzene rings is 1. The van der Waals surface area contributed by atoms with E-state index in [0.717, 1.165) is 36.1 Å². The third-order valence-electron chi connectivity index (χ3n) is 3.62. The van der Waals surface area contributed by atoms with Crippen molar-refractivity contribution in [3.8, 4) is 11.3 Å². The molecular formula is C14H16FN3. The van der Waals surface area contributed by atoms with E-state index in [1.54, 1.807) is 12.1 Å². The van der Waals surface area contributed by atoms with E-state index >= 15 is 0 Å². The van der Waals surface area contributed by atoms with E-state index in [2.05, 4.69) is 5.10 Å². The first-order chi connectivity index (χ1) is 8.66. The number of nitrogens with zero attached hydrogens (tertiary/aromatic N) is 2. The maximum atomic E-state index is 13.0. The SMILES string of the molecule is Cn1nc(-c2ccc(F)cc2)c2c1CCCC2N. The summed E-state index contributed by atoms with van der Waals surface area (Å²) in [6.45, 7) is 0. The number of nitrogens with two attached hydrogens (primary N) is 1. The van der Waals surface area contributed by atoms with Crippen LogP contribution in [0.4, 0.5) is 4.39 Å². The Morgan fingerprint density at radius 1 is 1.33 bits per heavy atom. The van der Waals surface area contributed by atoms with E-state index in [0.29, 0.717) is 0 Å². The molecule has 0 aliphatic heterocycles. The van der Waals surface area contributed by atoms with Crippen molar-refractivity contribution in [3.05, 3.63) is 41.3 Å². The molecule has 1 aromatic heterocycles. The Morgan fingerprint density at radius 2 is 2.06 bits per heavy atom. The Hall–Kier alpha value is -1.68. The molecule has 3 rings (SSSR count). The average molecular weight is 245 g/mol. The summed E-state index contributed by atoms with van der Waals surface area (Å²) in [6, 6.07) is 6.50. The molecule has 1 heterocycles. The van der Waals surface area contributed by atoms with E-state index in [1.807, 2.05) is 11.7 Å². The maximum Gasteiger partial charge on any atom is 0.123 e. The number of fused-ring (bicyclic) bond motifs is 1. The molecule has 0 saturated carbocycles. The summed E-state index contributed by atoms with van der Waals surface area (Å²) in [6.07, 6.45) is 3.12. The number of hydrogen-bond acceptors (Lipinski definition) is 2. The molecule has 1 unspecified atom stereocenters. The molecule has 2 N–H and O–H groups in total. The summed E-state index contributed by atoms with van der Waals surface area (Å²) in [5.41, 5.74) is 10.4. The lowest BCUT2D eigenvalue weighted by Gasteiger charge is -2.19. The van der Waals surface area contributed by atoms with Crippen LogP contribution in [0.5, 0.6) is 0 Å². The zero-order chi connectivity index (χ0) is 12.7. The highest BCUT2D eigenvalue weighted by Gasteiger charge is 2.25. The summed E-state index contributed by atoms with van der Waals surface area (Å²) < 4.78 is 14.9. The van der Waals surface area contributed by atoms with Crippen molar-refractivity contribution in [2.24, 2.45) is 12.8 Å². The highest BCUT2D eigenvalue weighted by Crippen LogP contribution is 2.35. The van der Waals surface area contributed by atoms with Crippen LogP contribution in [0.2, 0.25) is 0 Å². The summed E-state index contributed by atoms with van der Waals surface area (Å²) >= 11 is 0. The molecular weight excluding hydrogens is 229 g/mol. The molecule has 0 saturated heterocycles. The largest absolute Gasteiger partial charge is 0.324 e. The van der Waals surface area contributed by atoms with Gasteiger partial charge >= 0.3 is 0 Å². The lowest BCUT2D eigenvalue weighted by Crippen LogP contribution is -2.18. The van der Waals surface area contributed by atoms with Crippen molar-refractivity contribution in [1.29, 1.82) is 0 Å². The number of aryl methyl sites for hydroxylation is 1. The van der Waals surface area contributed by atoms with Gasteiger partial charge in [-0.05, 0) is 43.5 Å². The van der Waals surface area contributed by atoms with Crippen LogP contribution < -0.4 is 5.73 Å². The van der Waals surface area contributed by atoms with Gasteiger partial charge < -0.3 is 5.73 Å². The molecule has 0 radical (unpaired) electrons. The smallest absolute Gasteiger partial charge is 0.123 e. The lowest BCUT2D eigenvalue weighted by molar-refractivity contribution is 0.548. The van der Waals surface area contributed by atoms with Crippen LogP contribution in [0.15, 0.2) is 24.3 Å². The lowest BCUT2D eigenvalue weighted by atomic mass is 9.90. The summed E-state index contributed by atoms with van der Waals surface area (Å²) in [5, 5.41) is 4.56. The molecule has 1 aliphatic carbocycles. The maximum absolute atomic E-state index is 13.0. The van der Waals surface area contributed by atoms with Gasteiger partial charge in [-0.2, -0.15) is 5.10 Å². The van der Waals surface area contributed by atoms with Gasteiger partial charge in [0.2, 0.25) is 0 Å². The fourth-order valence-electron chi connectivity index (χ4n) is 2.72. The van der Waals surface area contributed by atoms with Crippen molar-refractivity contribution in [1.82, 2.24) is 9.78 Å². The predicted molar refractivity (Wildman–Crippen MR) is 68.5 cm³/mol. The molecule has 4 heteroatoms. The zero-order valence-electron chi connectivity index (χ0n) is 10.4. The fraction of sp³-hybridized carbons (Fsp3) is 0.357. The minimum atomic E-state index is -0.229. The monoisotopic (exact) mass is 245 g/mol. The Labute approximate surface area is 105 Å². The van der Waals surface area contributed by atoms with Crippen LogP contribution in [-0.2, 0) is 13.5 Å². The molecule has 3 nitrogen and oxygen atoms in total. The molecule has 1 atom stereocenters. The Morgan fingerprint density at radius 3 is 2.78 bits per heavy atom. The number of aromatic nitrogens is 2. The summed E-state index contributed by atoms with van der Waals surface area (Å²) in [5.74, 6) is -0.229. The first kappa shape index (κ1) is 11.4. The predicted octanol–water partition coefficient (Wildman–Crippen LogP) is 2.56.